The molecule has 2 rings (SSSR count). The summed E-state index contributed by atoms with van der Waals surface area (Å²) in [5, 5.41) is 3.81. The molecule has 0 aromatic carbocycles. The second-order valence-electron chi connectivity index (χ2n) is 4.28. The highest BCUT2D eigenvalue weighted by Crippen LogP contribution is 2.31. The quantitative estimate of drug-likeness (QED) is 0.804. The van der Waals surface area contributed by atoms with Crippen molar-refractivity contribution in [2.75, 3.05) is 11.9 Å². The predicted octanol–water partition coefficient (Wildman–Crippen LogP) is 2.98. The highest BCUT2D eigenvalue weighted by atomic mass is 35.5. The van der Waals surface area contributed by atoms with Crippen molar-refractivity contribution in [3.63, 3.8) is 0 Å². The van der Waals surface area contributed by atoms with E-state index in [1.165, 1.54) is 25.6 Å². The molecule has 1 aliphatic carbocycles. The molecule has 2 atom stereocenters. The van der Waals surface area contributed by atoms with Crippen LogP contribution in [-0.4, -0.2) is 16.5 Å². The maximum Gasteiger partial charge on any atom is 0.134 e. The molecule has 0 bridgehead atoms. The van der Waals surface area contributed by atoms with E-state index in [0.29, 0.717) is 5.15 Å². The van der Waals surface area contributed by atoms with Crippen LogP contribution in [-0.2, 0) is 0 Å². The third-order valence-electron chi connectivity index (χ3n) is 3.22. The Morgan fingerprint density at radius 1 is 1.47 bits per heavy atom. The summed E-state index contributed by atoms with van der Waals surface area (Å²) in [6, 6.07) is 1.77. The average Bonchev–Trinajstić information content (AvgIpc) is 2.61. The Labute approximate surface area is 95.3 Å². The fourth-order valence-corrected chi connectivity index (χ4v) is 2.34. The van der Waals surface area contributed by atoms with Gasteiger partial charge in [-0.2, -0.15) is 0 Å². The first-order valence-electron chi connectivity index (χ1n) is 5.47. The van der Waals surface area contributed by atoms with E-state index in [9.17, 15) is 0 Å². The Hall–Kier alpha value is -0.830. The summed E-state index contributed by atoms with van der Waals surface area (Å²) in [7, 11) is 0. The van der Waals surface area contributed by atoms with Crippen LogP contribution in [0.4, 0.5) is 5.82 Å². The average molecular weight is 226 g/mol. The van der Waals surface area contributed by atoms with Gasteiger partial charge in [0.1, 0.15) is 17.3 Å². The minimum absolute atomic E-state index is 0.493. The van der Waals surface area contributed by atoms with Gasteiger partial charge in [-0.3, -0.25) is 0 Å². The van der Waals surface area contributed by atoms with Crippen LogP contribution < -0.4 is 5.32 Å². The Morgan fingerprint density at radius 2 is 2.33 bits per heavy atom. The van der Waals surface area contributed by atoms with Crippen molar-refractivity contribution in [3.8, 4) is 0 Å². The number of halogens is 1. The molecule has 4 heteroatoms. The summed E-state index contributed by atoms with van der Waals surface area (Å²) in [6.45, 7) is 3.32. The molecule has 2 unspecified atom stereocenters. The van der Waals surface area contributed by atoms with E-state index in [1.54, 1.807) is 6.07 Å². The molecule has 1 aliphatic rings. The molecule has 1 N–H and O–H groups in total. The van der Waals surface area contributed by atoms with Crippen molar-refractivity contribution in [3.05, 3.63) is 17.5 Å². The van der Waals surface area contributed by atoms with Crippen LogP contribution in [0, 0.1) is 11.8 Å². The number of nitrogens with zero attached hydrogens (tertiary/aromatic N) is 2. The van der Waals surface area contributed by atoms with Crippen molar-refractivity contribution in [2.45, 2.75) is 26.2 Å². The topological polar surface area (TPSA) is 37.8 Å². The minimum Gasteiger partial charge on any atom is -0.370 e. The zero-order valence-corrected chi connectivity index (χ0v) is 9.67. The lowest BCUT2D eigenvalue weighted by atomic mass is 9.98. The first kappa shape index (κ1) is 10.7. The van der Waals surface area contributed by atoms with Crippen molar-refractivity contribution >= 4 is 17.4 Å². The summed E-state index contributed by atoms with van der Waals surface area (Å²) in [4.78, 5) is 7.97. The Kier molecular flexibility index (Phi) is 3.41. The highest BCUT2D eigenvalue weighted by molar-refractivity contribution is 6.29. The van der Waals surface area contributed by atoms with Gasteiger partial charge in [-0.15, -0.1) is 0 Å². The van der Waals surface area contributed by atoms with Crippen LogP contribution in [0.2, 0.25) is 5.15 Å². The third-order valence-corrected chi connectivity index (χ3v) is 3.42. The van der Waals surface area contributed by atoms with Gasteiger partial charge in [-0.1, -0.05) is 31.4 Å². The number of rotatable bonds is 3. The summed E-state index contributed by atoms with van der Waals surface area (Å²) >= 11 is 5.78. The predicted molar refractivity (Wildman–Crippen MR) is 62.0 cm³/mol. The molecule has 0 aliphatic heterocycles. The lowest BCUT2D eigenvalue weighted by Crippen LogP contribution is -2.16. The van der Waals surface area contributed by atoms with Crippen LogP contribution in [0.1, 0.15) is 26.2 Å². The van der Waals surface area contributed by atoms with Gasteiger partial charge >= 0.3 is 0 Å². The monoisotopic (exact) mass is 225 g/mol. The normalized spacial score (nSPS) is 25.5. The summed E-state index contributed by atoms with van der Waals surface area (Å²) in [6.07, 6.45) is 5.53. The second kappa shape index (κ2) is 4.79. The molecule has 1 heterocycles. The van der Waals surface area contributed by atoms with Crippen LogP contribution in [0.3, 0.4) is 0 Å². The van der Waals surface area contributed by atoms with Gasteiger partial charge in [-0.25, -0.2) is 9.97 Å². The van der Waals surface area contributed by atoms with Gasteiger partial charge in [0.2, 0.25) is 0 Å². The molecule has 0 spiro atoms. The van der Waals surface area contributed by atoms with E-state index < -0.39 is 0 Å². The van der Waals surface area contributed by atoms with Gasteiger partial charge < -0.3 is 5.32 Å². The number of anilines is 1. The maximum absolute atomic E-state index is 5.78. The first-order valence-corrected chi connectivity index (χ1v) is 5.85. The van der Waals surface area contributed by atoms with Gasteiger partial charge in [0.05, 0.1) is 0 Å². The van der Waals surface area contributed by atoms with Crippen molar-refractivity contribution in [1.82, 2.24) is 9.97 Å². The summed E-state index contributed by atoms with van der Waals surface area (Å²) < 4.78 is 0. The SMILES string of the molecule is CC1CCCC1CNc1cc(Cl)ncn1. The molecule has 1 aromatic heterocycles. The minimum atomic E-state index is 0.493. The molecule has 15 heavy (non-hydrogen) atoms. The molecule has 0 radical (unpaired) electrons. The number of aromatic nitrogens is 2. The van der Waals surface area contributed by atoms with Crippen LogP contribution >= 0.6 is 11.6 Å². The Balaban J connectivity index is 1.87. The van der Waals surface area contributed by atoms with E-state index in [1.807, 2.05) is 0 Å². The standard InChI is InChI=1S/C11H16ClN3/c1-8-3-2-4-9(8)6-13-11-5-10(12)14-7-15-11/h5,7-9H,2-4,6H2,1H3,(H,13,14,15). The number of hydrogen-bond donors (Lipinski definition) is 1. The smallest absolute Gasteiger partial charge is 0.134 e. The van der Waals surface area contributed by atoms with Crippen LogP contribution in [0.25, 0.3) is 0 Å². The largest absolute Gasteiger partial charge is 0.370 e. The molecular weight excluding hydrogens is 210 g/mol. The van der Waals surface area contributed by atoms with E-state index in [2.05, 4.69) is 22.2 Å². The zero-order chi connectivity index (χ0) is 10.7. The van der Waals surface area contributed by atoms with E-state index in [-0.39, 0.29) is 0 Å². The molecular formula is C11H16ClN3. The van der Waals surface area contributed by atoms with Gasteiger partial charge in [-0.05, 0) is 18.3 Å². The summed E-state index contributed by atoms with van der Waals surface area (Å²) in [5.41, 5.74) is 0. The van der Waals surface area contributed by atoms with E-state index >= 15 is 0 Å². The highest BCUT2D eigenvalue weighted by Gasteiger charge is 2.22. The zero-order valence-electron chi connectivity index (χ0n) is 8.91. The molecule has 0 amide bonds. The summed E-state index contributed by atoms with van der Waals surface area (Å²) in [5.74, 6) is 2.43. The Morgan fingerprint density at radius 3 is 3.00 bits per heavy atom. The molecule has 82 valence electrons. The van der Waals surface area contributed by atoms with Gasteiger partial charge in [0, 0.05) is 12.6 Å². The molecule has 3 nitrogen and oxygen atoms in total. The molecule has 1 saturated carbocycles. The van der Waals surface area contributed by atoms with Crippen molar-refractivity contribution < 1.29 is 0 Å². The van der Waals surface area contributed by atoms with E-state index in [0.717, 1.165) is 24.2 Å². The lowest BCUT2D eigenvalue weighted by molar-refractivity contribution is 0.439. The van der Waals surface area contributed by atoms with Crippen LogP contribution in [0.5, 0.6) is 0 Å². The van der Waals surface area contributed by atoms with Gasteiger partial charge in [0.15, 0.2) is 0 Å². The number of nitrogens with one attached hydrogen (secondary N) is 1. The third kappa shape index (κ3) is 2.81. The molecule has 1 fully saturated rings. The maximum atomic E-state index is 5.78. The van der Waals surface area contributed by atoms with E-state index in [4.69, 9.17) is 11.6 Å². The fourth-order valence-electron chi connectivity index (χ4n) is 2.19. The fraction of sp³-hybridized carbons (Fsp3) is 0.636. The Bertz CT molecular complexity index is 329. The van der Waals surface area contributed by atoms with Crippen LogP contribution in [0.15, 0.2) is 12.4 Å². The lowest BCUT2D eigenvalue weighted by Gasteiger charge is -2.16. The number of hydrogen-bond acceptors (Lipinski definition) is 3. The van der Waals surface area contributed by atoms with Crippen molar-refractivity contribution in [2.24, 2.45) is 11.8 Å². The first-order chi connectivity index (χ1) is 7.25. The molecule has 1 aromatic rings. The molecule has 0 saturated heterocycles. The van der Waals surface area contributed by atoms with Crippen molar-refractivity contribution in [1.29, 1.82) is 0 Å². The second-order valence-corrected chi connectivity index (χ2v) is 4.66. The van der Waals surface area contributed by atoms with Gasteiger partial charge in [0.25, 0.3) is 0 Å².